The van der Waals surface area contributed by atoms with Crippen LogP contribution in [0.25, 0.3) is 0 Å². The van der Waals surface area contributed by atoms with Crippen LogP contribution in [0.3, 0.4) is 0 Å². The topological polar surface area (TPSA) is 148 Å². The monoisotopic (exact) mass is 533 g/mol. The number of hydrogen-bond donors (Lipinski definition) is 2. The van der Waals surface area contributed by atoms with Crippen molar-refractivity contribution in [1.29, 1.82) is 0 Å². The first-order valence-corrected chi connectivity index (χ1v) is 12.8. The molecule has 2 amide bonds. The summed E-state index contributed by atoms with van der Waals surface area (Å²) in [5.41, 5.74) is 5.92. The smallest absolute Gasteiger partial charge is 0.341 e. The van der Waals surface area contributed by atoms with Crippen LogP contribution in [0, 0.1) is 6.92 Å². The first kappa shape index (κ1) is 27.0. The summed E-state index contributed by atoms with van der Waals surface area (Å²) < 4.78 is 17.9. The van der Waals surface area contributed by atoms with Crippen LogP contribution >= 0.6 is 23.1 Å². The second-order valence-corrected chi connectivity index (χ2v) is 9.25. The van der Waals surface area contributed by atoms with E-state index < -0.39 is 11.9 Å². The van der Waals surface area contributed by atoms with Gasteiger partial charge in [0.1, 0.15) is 23.1 Å². The van der Waals surface area contributed by atoms with Crippen molar-refractivity contribution in [3.8, 4) is 11.5 Å². The van der Waals surface area contributed by atoms with Crippen molar-refractivity contribution in [3.63, 3.8) is 0 Å². The molecule has 0 atom stereocenters. The second kappa shape index (κ2) is 12.4. The highest BCUT2D eigenvalue weighted by Crippen LogP contribution is 2.34. The minimum atomic E-state index is -0.682. The van der Waals surface area contributed by atoms with Crippen LogP contribution in [0.4, 0.5) is 5.00 Å². The fourth-order valence-electron chi connectivity index (χ4n) is 3.25. The number of anilines is 1. The van der Waals surface area contributed by atoms with Gasteiger partial charge in [-0.25, -0.2) is 4.79 Å². The molecule has 3 aromatic rings. The number of aromatic nitrogens is 3. The number of rotatable bonds is 12. The van der Waals surface area contributed by atoms with Gasteiger partial charge in [0, 0.05) is 6.54 Å². The fourth-order valence-corrected chi connectivity index (χ4v) is 5.13. The Balaban J connectivity index is 1.66. The van der Waals surface area contributed by atoms with Gasteiger partial charge in [-0.3, -0.25) is 9.59 Å². The Labute approximate surface area is 216 Å². The third-order valence-electron chi connectivity index (χ3n) is 4.97. The van der Waals surface area contributed by atoms with E-state index in [9.17, 15) is 14.4 Å². The molecule has 0 saturated carbocycles. The summed E-state index contributed by atoms with van der Waals surface area (Å²) >= 11 is 2.13. The molecule has 0 aliphatic heterocycles. The van der Waals surface area contributed by atoms with Crippen LogP contribution in [0.1, 0.15) is 45.3 Å². The molecule has 13 heteroatoms. The molecular formula is C23H27N5O6S2. The average molecular weight is 534 g/mol. The zero-order chi connectivity index (χ0) is 26.2. The van der Waals surface area contributed by atoms with Gasteiger partial charge in [-0.15, -0.1) is 21.5 Å². The maximum absolute atomic E-state index is 12.7. The van der Waals surface area contributed by atoms with Crippen LogP contribution in [-0.4, -0.2) is 52.0 Å². The van der Waals surface area contributed by atoms with Gasteiger partial charge in [0.2, 0.25) is 5.91 Å². The summed E-state index contributed by atoms with van der Waals surface area (Å²) in [7, 11) is 1.60. The number of thiophene rings is 1. The minimum Gasteiger partial charge on any atom is -0.497 e. The van der Waals surface area contributed by atoms with Crippen molar-refractivity contribution in [1.82, 2.24) is 14.8 Å². The number of carbonyl (C=O) groups excluding carboxylic acids is 3. The quantitative estimate of drug-likeness (QED) is 0.264. The van der Waals surface area contributed by atoms with Gasteiger partial charge >= 0.3 is 5.97 Å². The Hall–Kier alpha value is -3.58. The van der Waals surface area contributed by atoms with Crippen LogP contribution in [0.5, 0.6) is 11.5 Å². The summed E-state index contributed by atoms with van der Waals surface area (Å²) in [6.45, 7) is 6.14. The molecule has 192 valence electrons. The number of carbonyl (C=O) groups is 3. The van der Waals surface area contributed by atoms with Gasteiger partial charge in [-0.05, 0) is 50.6 Å². The highest BCUT2D eigenvalue weighted by atomic mass is 32.2. The van der Waals surface area contributed by atoms with E-state index in [1.165, 1.54) is 11.8 Å². The van der Waals surface area contributed by atoms with Crippen LogP contribution < -0.4 is 20.5 Å². The van der Waals surface area contributed by atoms with E-state index in [4.69, 9.17) is 19.9 Å². The molecule has 0 radical (unpaired) electrons. The molecule has 0 unspecified atom stereocenters. The van der Waals surface area contributed by atoms with Crippen molar-refractivity contribution >= 4 is 45.9 Å². The largest absolute Gasteiger partial charge is 0.497 e. The van der Waals surface area contributed by atoms with Crippen molar-refractivity contribution in [3.05, 3.63) is 46.1 Å². The second-order valence-electron chi connectivity index (χ2n) is 7.29. The normalized spacial score (nSPS) is 10.7. The molecule has 11 nitrogen and oxygen atoms in total. The van der Waals surface area contributed by atoms with Crippen molar-refractivity contribution in [2.45, 2.75) is 39.1 Å². The number of benzene rings is 1. The maximum Gasteiger partial charge on any atom is 0.341 e. The predicted molar refractivity (Wildman–Crippen MR) is 136 cm³/mol. The lowest BCUT2D eigenvalue weighted by atomic mass is 10.1. The average Bonchev–Trinajstić information content (AvgIpc) is 3.41. The summed E-state index contributed by atoms with van der Waals surface area (Å²) in [5, 5.41) is 11.8. The van der Waals surface area contributed by atoms with E-state index in [2.05, 4.69) is 15.5 Å². The van der Waals surface area contributed by atoms with E-state index in [-0.39, 0.29) is 40.3 Å². The molecule has 3 rings (SSSR count). The lowest BCUT2D eigenvalue weighted by molar-refractivity contribution is -0.113. The zero-order valence-electron chi connectivity index (χ0n) is 20.3. The van der Waals surface area contributed by atoms with Gasteiger partial charge in [0.15, 0.2) is 11.0 Å². The molecule has 0 spiro atoms. The number of hydrogen-bond acceptors (Lipinski definition) is 10. The Morgan fingerprint density at radius 1 is 1.14 bits per heavy atom. The standard InChI is InChI=1S/C23H27N5O6S2/c1-5-28-16(11-34-15-9-7-14(32-4)8-10-15)26-27-23(28)35-12-17(29)25-21-18(22(31)33-6-2)13(3)19(36-21)20(24)30/h7-10H,5-6,11-12H2,1-4H3,(H2,24,30)(H,25,29). The van der Waals surface area contributed by atoms with Crippen LogP contribution in [0.15, 0.2) is 29.4 Å². The number of amides is 2. The number of esters is 1. The SMILES string of the molecule is CCOC(=O)c1c(NC(=O)CSc2nnc(COc3ccc(OC)cc3)n2CC)sc(C(N)=O)c1C. The Morgan fingerprint density at radius 2 is 1.83 bits per heavy atom. The number of nitrogens with two attached hydrogens (primary N) is 1. The highest BCUT2D eigenvalue weighted by molar-refractivity contribution is 7.99. The first-order valence-electron chi connectivity index (χ1n) is 11.0. The predicted octanol–water partition coefficient (Wildman–Crippen LogP) is 3.26. The molecule has 0 aliphatic carbocycles. The molecular weight excluding hydrogens is 506 g/mol. The van der Waals surface area contributed by atoms with Crippen LogP contribution in [-0.2, 0) is 22.7 Å². The molecule has 0 bridgehead atoms. The maximum atomic E-state index is 12.7. The summed E-state index contributed by atoms with van der Waals surface area (Å²) in [5.74, 6) is 0.309. The Kier molecular flexibility index (Phi) is 9.31. The lowest BCUT2D eigenvalue weighted by Gasteiger charge is -2.10. The van der Waals surface area contributed by atoms with Crippen molar-refractivity contribution in [2.24, 2.45) is 5.73 Å². The molecule has 3 N–H and O–H groups in total. The highest BCUT2D eigenvalue weighted by Gasteiger charge is 2.26. The van der Waals surface area contributed by atoms with E-state index in [1.54, 1.807) is 45.2 Å². The van der Waals surface area contributed by atoms with Crippen molar-refractivity contribution in [2.75, 3.05) is 24.8 Å². The number of primary amides is 1. The third kappa shape index (κ3) is 6.34. The van der Waals surface area contributed by atoms with Gasteiger partial charge < -0.3 is 29.8 Å². The molecule has 2 aromatic heterocycles. The zero-order valence-corrected chi connectivity index (χ0v) is 22.0. The lowest BCUT2D eigenvalue weighted by Crippen LogP contribution is -2.17. The third-order valence-corrected chi connectivity index (χ3v) is 7.16. The molecule has 36 heavy (non-hydrogen) atoms. The van der Waals surface area contributed by atoms with E-state index in [0.29, 0.717) is 28.8 Å². The Bertz CT molecular complexity index is 1240. The summed E-state index contributed by atoms with van der Waals surface area (Å²) in [4.78, 5) is 37.0. The molecule has 0 saturated heterocycles. The van der Waals surface area contributed by atoms with E-state index >= 15 is 0 Å². The molecule has 0 aliphatic rings. The number of nitrogens with zero attached hydrogens (tertiary/aromatic N) is 3. The number of methoxy groups -OCH3 is 1. The van der Waals surface area contributed by atoms with E-state index in [0.717, 1.165) is 17.1 Å². The fraction of sp³-hybridized carbons (Fsp3) is 0.348. The van der Waals surface area contributed by atoms with E-state index in [1.807, 2.05) is 11.5 Å². The first-order chi connectivity index (χ1) is 17.3. The minimum absolute atomic E-state index is 0.00257. The number of ether oxygens (including phenoxy) is 3. The van der Waals surface area contributed by atoms with Gasteiger partial charge in [-0.1, -0.05) is 11.8 Å². The van der Waals surface area contributed by atoms with Gasteiger partial charge in [0.25, 0.3) is 5.91 Å². The number of thioether (sulfide) groups is 1. The molecule has 0 fully saturated rings. The summed E-state index contributed by atoms with van der Waals surface area (Å²) in [6.07, 6.45) is 0. The molecule has 2 heterocycles. The number of nitrogens with one attached hydrogen (secondary N) is 1. The van der Waals surface area contributed by atoms with Gasteiger partial charge in [-0.2, -0.15) is 0 Å². The van der Waals surface area contributed by atoms with Crippen LogP contribution in [0.2, 0.25) is 0 Å². The molecule has 1 aromatic carbocycles. The van der Waals surface area contributed by atoms with Gasteiger partial charge in [0.05, 0.1) is 29.9 Å². The van der Waals surface area contributed by atoms with Crippen molar-refractivity contribution < 1.29 is 28.6 Å². The Morgan fingerprint density at radius 3 is 2.44 bits per heavy atom. The summed E-state index contributed by atoms with van der Waals surface area (Å²) in [6, 6.07) is 7.20.